The monoisotopic (exact) mass is 378 g/mol. The van der Waals surface area contributed by atoms with Crippen molar-refractivity contribution in [2.45, 2.75) is 37.6 Å². The van der Waals surface area contributed by atoms with E-state index in [9.17, 15) is 25.1 Å². The zero-order valence-corrected chi connectivity index (χ0v) is 13.9. The number of non-ortho nitro benzene ring substituents is 1. The molecule has 1 aromatic rings. The summed E-state index contributed by atoms with van der Waals surface area (Å²) in [6, 6.07) is 4.80. The molecule has 0 amide bonds. The van der Waals surface area contributed by atoms with Gasteiger partial charge in [-0.15, -0.1) is 0 Å². The van der Waals surface area contributed by atoms with E-state index in [0.29, 0.717) is 5.02 Å². The van der Waals surface area contributed by atoms with Crippen molar-refractivity contribution < 1.29 is 34.5 Å². The first-order valence-electron chi connectivity index (χ1n) is 7.12. The van der Waals surface area contributed by atoms with Gasteiger partial charge in [0.25, 0.3) is 5.69 Å². The number of nitrogens with zero attached hydrogens (tertiary/aromatic N) is 1. The number of esters is 1. The fraction of sp³-hybridized carbons (Fsp3) is 0.500. The number of carbonyl (C=O) groups excluding carboxylic acids is 1. The Kier molecular flexibility index (Phi) is 8.16. The number of hydrogen-bond donors (Lipinski definition) is 4. The van der Waals surface area contributed by atoms with Gasteiger partial charge in [-0.05, 0) is 6.07 Å². The number of nitro groups is 1. The van der Waals surface area contributed by atoms with Crippen molar-refractivity contribution in [1.82, 2.24) is 0 Å². The van der Waals surface area contributed by atoms with Crippen LogP contribution in [0.5, 0.6) is 0 Å². The average molecular weight is 379 g/mol. The molecule has 10 nitrogen and oxygen atoms in total. The lowest BCUT2D eigenvalue weighted by Gasteiger charge is -2.39. The third-order valence-corrected chi connectivity index (χ3v) is 3.46. The lowest BCUT2D eigenvalue weighted by Crippen LogP contribution is -2.62. The molecule has 2 rings (SSSR count). The number of nitrogens with two attached hydrogens (primary N) is 1. The van der Waals surface area contributed by atoms with Crippen LogP contribution in [0.1, 0.15) is 6.92 Å². The topological polar surface area (TPSA) is 165 Å². The highest BCUT2D eigenvalue weighted by Crippen LogP contribution is 2.20. The zero-order chi connectivity index (χ0) is 19.1. The molecule has 1 heterocycles. The van der Waals surface area contributed by atoms with Crippen molar-refractivity contribution in [2.24, 2.45) is 5.73 Å². The number of aliphatic hydroxyl groups excluding tert-OH is 3. The second kappa shape index (κ2) is 9.61. The highest BCUT2D eigenvalue weighted by molar-refractivity contribution is 6.30. The van der Waals surface area contributed by atoms with Gasteiger partial charge in [-0.3, -0.25) is 14.9 Å². The lowest BCUT2D eigenvalue weighted by molar-refractivity contribution is -0.384. The van der Waals surface area contributed by atoms with E-state index in [-0.39, 0.29) is 5.69 Å². The van der Waals surface area contributed by atoms with Crippen LogP contribution in [-0.2, 0) is 14.3 Å². The first kappa shape index (κ1) is 21.2. The van der Waals surface area contributed by atoms with E-state index in [4.69, 9.17) is 27.2 Å². The molecule has 1 aliphatic rings. The first-order valence-corrected chi connectivity index (χ1v) is 7.50. The van der Waals surface area contributed by atoms with Crippen molar-refractivity contribution in [1.29, 1.82) is 0 Å². The molecule has 0 aliphatic carbocycles. The smallest absolute Gasteiger partial charge is 0.304 e. The van der Waals surface area contributed by atoms with E-state index >= 15 is 0 Å². The molecule has 1 fully saturated rings. The Balaban J connectivity index is 0.000000271. The number of rotatable bonds is 3. The highest BCUT2D eigenvalue weighted by atomic mass is 35.5. The minimum Gasteiger partial charge on any atom is -0.434 e. The quantitative estimate of drug-likeness (QED) is 0.310. The Morgan fingerprint density at radius 2 is 2.08 bits per heavy atom. The summed E-state index contributed by atoms with van der Waals surface area (Å²) in [5.74, 6) is -0.615. The van der Waals surface area contributed by atoms with Gasteiger partial charge in [0, 0.05) is 24.1 Å². The van der Waals surface area contributed by atoms with Crippen molar-refractivity contribution >= 4 is 23.3 Å². The molecule has 140 valence electrons. The van der Waals surface area contributed by atoms with Crippen molar-refractivity contribution in [3.8, 4) is 0 Å². The van der Waals surface area contributed by atoms with Crippen LogP contribution in [0.15, 0.2) is 24.3 Å². The molecule has 0 saturated carbocycles. The molecule has 0 spiro atoms. The van der Waals surface area contributed by atoms with Crippen LogP contribution >= 0.6 is 11.6 Å². The number of aliphatic hydroxyl groups is 3. The summed E-state index contributed by atoms with van der Waals surface area (Å²) < 4.78 is 9.70. The number of carbonyl (C=O) groups is 1. The standard InChI is InChI=1S/C8H15NO6.C6H4ClNO2/c1-3(11)14-8-5(9)7(13)6(12)4(2-10)15-8;7-5-2-1-3-6(4-5)8(9)10/h4-8,10,12-13H,2,9H2,1H3;1-4H/t4-,5-,6-,7-,8?;/m1./s1. The summed E-state index contributed by atoms with van der Waals surface area (Å²) >= 11 is 5.48. The SMILES string of the molecule is CC(=O)OC1O[C@H](CO)[C@@H](O)[C@H](O)[C@H]1N.O=[N+]([O-])c1cccc(Cl)c1. The molecular weight excluding hydrogens is 360 g/mol. The van der Waals surface area contributed by atoms with Gasteiger partial charge in [0.15, 0.2) is 0 Å². The second-order valence-electron chi connectivity index (χ2n) is 5.13. The minimum absolute atomic E-state index is 0.0208. The van der Waals surface area contributed by atoms with E-state index in [2.05, 4.69) is 4.74 Å². The van der Waals surface area contributed by atoms with Gasteiger partial charge in [0.1, 0.15) is 18.3 Å². The summed E-state index contributed by atoms with van der Waals surface area (Å²) in [4.78, 5) is 20.3. The number of hydrogen-bond acceptors (Lipinski definition) is 9. The summed E-state index contributed by atoms with van der Waals surface area (Å²) in [6.07, 6.45) is -4.76. The largest absolute Gasteiger partial charge is 0.434 e. The van der Waals surface area contributed by atoms with Crippen molar-refractivity contribution in [3.63, 3.8) is 0 Å². The number of ether oxygens (including phenoxy) is 2. The van der Waals surface area contributed by atoms with Crippen LogP contribution in [-0.4, -0.2) is 63.5 Å². The molecule has 1 unspecified atom stereocenters. The summed E-state index contributed by atoms with van der Waals surface area (Å²) in [7, 11) is 0. The van der Waals surface area contributed by atoms with Crippen LogP contribution in [0.2, 0.25) is 5.02 Å². The van der Waals surface area contributed by atoms with Crippen molar-refractivity contribution in [2.75, 3.05) is 6.61 Å². The summed E-state index contributed by atoms with van der Waals surface area (Å²) in [6.45, 7) is 0.671. The molecule has 0 aromatic heterocycles. The Labute approximate surface area is 147 Å². The zero-order valence-electron chi connectivity index (χ0n) is 13.2. The molecule has 5 atom stereocenters. The van der Waals surface area contributed by atoms with Gasteiger partial charge in [-0.25, -0.2) is 0 Å². The molecule has 1 aliphatic heterocycles. The molecule has 0 bridgehead atoms. The Bertz CT molecular complexity index is 600. The van der Waals surface area contributed by atoms with Crippen molar-refractivity contribution in [3.05, 3.63) is 39.4 Å². The van der Waals surface area contributed by atoms with E-state index in [1.165, 1.54) is 19.1 Å². The van der Waals surface area contributed by atoms with Gasteiger partial charge >= 0.3 is 5.97 Å². The highest BCUT2D eigenvalue weighted by Gasteiger charge is 2.43. The maximum Gasteiger partial charge on any atom is 0.304 e. The third-order valence-electron chi connectivity index (χ3n) is 3.23. The van der Waals surface area contributed by atoms with Crippen LogP contribution in [0.3, 0.4) is 0 Å². The van der Waals surface area contributed by atoms with Gasteiger partial charge < -0.3 is 30.5 Å². The number of benzene rings is 1. The molecule has 1 aromatic carbocycles. The summed E-state index contributed by atoms with van der Waals surface area (Å²) in [5.41, 5.74) is 5.51. The van der Waals surface area contributed by atoms with Crippen LogP contribution in [0.25, 0.3) is 0 Å². The Hall–Kier alpha value is -1.82. The lowest BCUT2D eigenvalue weighted by atomic mass is 9.98. The molecule has 25 heavy (non-hydrogen) atoms. The van der Waals surface area contributed by atoms with Gasteiger partial charge in [-0.2, -0.15) is 0 Å². The second-order valence-corrected chi connectivity index (χ2v) is 5.57. The number of nitro benzene ring substituents is 1. The molecular formula is C14H19ClN2O8. The molecule has 0 radical (unpaired) electrons. The minimum atomic E-state index is -1.31. The van der Waals surface area contributed by atoms with E-state index in [0.717, 1.165) is 0 Å². The third kappa shape index (κ3) is 6.20. The van der Waals surface area contributed by atoms with E-state index in [1.54, 1.807) is 12.1 Å². The fourth-order valence-corrected chi connectivity index (χ4v) is 2.15. The molecule has 11 heteroatoms. The van der Waals surface area contributed by atoms with E-state index < -0.39 is 48.1 Å². The Morgan fingerprint density at radius 3 is 2.52 bits per heavy atom. The molecule has 5 N–H and O–H groups in total. The number of halogens is 1. The van der Waals surface area contributed by atoms with Gasteiger partial charge in [0.05, 0.1) is 17.6 Å². The maximum atomic E-state index is 10.7. The predicted molar refractivity (Wildman–Crippen MR) is 85.6 cm³/mol. The normalized spacial score (nSPS) is 28.5. The average Bonchev–Trinajstić information content (AvgIpc) is 2.55. The first-order chi connectivity index (χ1) is 11.7. The summed E-state index contributed by atoms with van der Waals surface area (Å²) in [5, 5.41) is 38.2. The maximum absolute atomic E-state index is 10.7. The van der Waals surface area contributed by atoms with Crippen LogP contribution in [0, 0.1) is 10.1 Å². The molecule has 1 saturated heterocycles. The fourth-order valence-electron chi connectivity index (χ4n) is 1.96. The van der Waals surface area contributed by atoms with E-state index in [1.807, 2.05) is 0 Å². The van der Waals surface area contributed by atoms with Crippen LogP contribution in [0.4, 0.5) is 5.69 Å². The Morgan fingerprint density at radius 1 is 1.44 bits per heavy atom. The van der Waals surface area contributed by atoms with Gasteiger partial charge in [0.2, 0.25) is 6.29 Å². The van der Waals surface area contributed by atoms with Crippen LogP contribution < -0.4 is 5.73 Å². The van der Waals surface area contributed by atoms with Gasteiger partial charge in [-0.1, -0.05) is 17.7 Å². The predicted octanol–water partition coefficient (Wildman–Crippen LogP) is -0.436.